The van der Waals surface area contributed by atoms with E-state index in [0.717, 1.165) is 59.0 Å². The molecule has 1 N–H and O–H groups in total. The summed E-state index contributed by atoms with van der Waals surface area (Å²) in [5.41, 5.74) is 5.13. The van der Waals surface area contributed by atoms with Crippen LogP contribution in [-0.2, 0) is 22.7 Å². The Labute approximate surface area is 164 Å². The molecule has 0 unspecified atom stereocenters. The fraction of sp³-hybridized carbons (Fsp3) is 0.474. The number of aryl methyl sites for hydroxylation is 1. The lowest BCUT2D eigenvalue weighted by molar-refractivity contribution is 0.585. The molecule has 0 atom stereocenters. The van der Waals surface area contributed by atoms with E-state index in [1.54, 1.807) is 0 Å². The van der Waals surface area contributed by atoms with Gasteiger partial charge in [-0.1, -0.05) is 23.7 Å². The van der Waals surface area contributed by atoms with Gasteiger partial charge in [-0.3, -0.25) is 0 Å². The molecule has 8 heteroatoms. The molecule has 0 amide bonds. The van der Waals surface area contributed by atoms with Crippen LogP contribution in [0.5, 0.6) is 0 Å². The molecule has 1 saturated heterocycles. The summed E-state index contributed by atoms with van der Waals surface area (Å²) in [7, 11) is -2.94. The van der Waals surface area contributed by atoms with Crippen LogP contribution in [0.4, 0.5) is 5.95 Å². The normalized spacial score (nSPS) is 19.4. The van der Waals surface area contributed by atoms with Gasteiger partial charge in [-0.25, -0.2) is 18.4 Å². The van der Waals surface area contributed by atoms with Crippen molar-refractivity contribution in [2.24, 2.45) is 0 Å². The minimum atomic E-state index is -2.94. The molecule has 0 radical (unpaired) electrons. The molecule has 0 saturated carbocycles. The number of anilines is 1. The number of fused-ring (bicyclic) bond motifs is 1. The SMILES string of the molecule is Cc1ccc(-c2nc(N3CCS(=O)(=O)CC3)nc3c2CCNCC3)cc1Cl. The van der Waals surface area contributed by atoms with E-state index in [9.17, 15) is 8.42 Å². The second-order valence-electron chi connectivity index (χ2n) is 7.15. The van der Waals surface area contributed by atoms with Crippen LogP contribution in [0.25, 0.3) is 11.3 Å². The zero-order valence-electron chi connectivity index (χ0n) is 15.3. The Hall–Kier alpha value is -1.70. The van der Waals surface area contributed by atoms with E-state index in [1.165, 1.54) is 0 Å². The predicted molar refractivity (Wildman–Crippen MR) is 108 cm³/mol. The van der Waals surface area contributed by atoms with Crippen molar-refractivity contribution in [2.75, 3.05) is 42.6 Å². The molecule has 6 nitrogen and oxygen atoms in total. The summed E-state index contributed by atoms with van der Waals surface area (Å²) in [6.07, 6.45) is 1.70. The van der Waals surface area contributed by atoms with Gasteiger partial charge in [0.2, 0.25) is 5.95 Å². The maximum absolute atomic E-state index is 11.8. The van der Waals surface area contributed by atoms with Crippen molar-refractivity contribution in [1.29, 1.82) is 0 Å². The highest BCUT2D eigenvalue weighted by Gasteiger charge is 2.26. The van der Waals surface area contributed by atoms with Crippen LogP contribution < -0.4 is 10.2 Å². The molecule has 0 spiro atoms. The molecule has 1 aromatic heterocycles. The maximum Gasteiger partial charge on any atom is 0.226 e. The highest BCUT2D eigenvalue weighted by molar-refractivity contribution is 7.91. The van der Waals surface area contributed by atoms with Crippen LogP contribution in [0.2, 0.25) is 5.02 Å². The molecule has 2 aliphatic rings. The van der Waals surface area contributed by atoms with Crippen molar-refractivity contribution < 1.29 is 8.42 Å². The Bertz CT molecular complexity index is 964. The quantitative estimate of drug-likeness (QED) is 0.822. The molecule has 1 fully saturated rings. The van der Waals surface area contributed by atoms with Crippen LogP contribution in [0.3, 0.4) is 0 Å². The number of aromatic nitrogens is 2. The predicted octanol–water partition coefficient (Wildman–Crippen LogP) is 2.03. The Morgan fingerprint density at radius 1 is 1.11 bits per heavy atom. The molecular weight excluding hydrogens is 384 g/mol. The molecule has 27 heavy (non-hydrogen) atoms. The van der Waals surface area contributed by atoms with Gasteiger partial charge < -0.3 is 10.2 Å². The number of rotatable bonds is 2. The molecule has 2 aliphatic heterocycles. The lowest BCUT2D eigenvalue weighted by atomic mass is 10.00. The first-order valence-corrected chi connectivity index (χ1v) is 11.5. The third-order valence-electron chi connectivity index (χ3n) is 5.24. The summed E-state index contributed by atoms with van der Waals surface area (Å²) in [5.74, 6) is 0.929. The van der Waals surface area contributed by atoms with Crippen molar-refractivity contribution in [1.82, 2.24) is 15.3 Å². The molecule has 0 aliphatic carbocycles. The number of hydrogen-bond acceptors (Lipinski definition) is 6. The third-order valence-corrected chi connectivity index (χ3v) is 7.26. The second kappa shape index (κ2) is 7.37. The van der Waals surface area contributed by atoms with Crippen molar-refractivity contribution in [2.45, 2.75) is 19.8 Å². The highest BCUT2D eigenvalue weighted by Crippen LogP contribution is 2.31. The largest absolute Gasteiger partial charge is 0.339 e. The fourth-order valence-electron chi connectivity index (χ4n) is 3.56. The lowest BCUT2D eigenvalue weighted by Gasteiger charge is -2.28. The molecule has 0 bridgehead atoms. The van der Waals surface area contributed by atoms with E-state index in [-0.39, 0.29) is 11.5 Å². The first-order chi connectivity index (χ1) is 12.9. The van der Waals surface area contributed by atoms with Gasteiger partial charge in [0.15, 0.2) is 9.84 Å². The summed E-state index contributed by atoms with van der Waals surface area (Å²) in [6.45, 7) is 4.63. The average Bonchev–Trinajstić information content (AvgIpc) is 2.88. The Kier molecular flexibility index (Phi) is 5.09. The van der Waals surface area contributed by atoms with Crippen LogP contribution in [0.15, 0.2) is 18.2 Å². The number of hydrogen-bond donors (Lipinski definition) is 1. The van der Waals surface area contributed by atoms with Crippen molar-refractivity contribution in [3.05, 3.63) is 40.0 Å². The minimum Gasteiger partial charge on any atom is -0.339 e. The van der Waals surface area contributed by atoms with Crippen molar-refractivity contribution >= 4 is 27.4 Å². The van der Waals surface area contributed by atoms with Crippen LogP contribution in [0.1, 0.15) is 16.8 Å². The summed E-state index contributed by atoms with van der Waals surface area (Å²) >= 11 is 6.37. The molecule has 144 valence electrons. The summed E-state index contributed by atoms with van der Waals surface area (Å²) in [6, 6.07) is 6.02. The van der Waals surface area contributed by atoms with E-state index in [0.29, 0.717) is 19.0 Å². The van der Waals surface area contributed by atoms with Gasteiger partial charge in [0.1, 0.15) is 0 Å². The Balaban J connectivity index is 1.80. The van der Waals surface area contributed by atoms with Gasteiger partial charge in [0, 0.05) is 42.2 Å². The summed E-state index contributed by atoms with van der Waals surface area (Å²) in [5, 5.41) is 4.14. The molecule has 4 rings (SSSR count). The molecule has 2 aromatic rings. The zero-order valence-corrected chi connectivity index (χ0v) is 16.9. The van der Waals surface area contributed by atoms with Gasteiger partial charge in [-0.2, -0.15) is 0 Å². The monoisotopic (exact) mass is 406 g/mol. The minimum absolute atomic E-state index is 0.153. The first-order valence-electron chi connectivity index (χ1n) is 9.25. The average molecular weight is 407 g/mol. The number of sulfone groups is 1. The van der Waals surface area contributed by atoms with E-state index in [1.807, 2.05) is 30.0 Å². The van der Waals surface area contributed by atoms with Crippen LogP contribution in [-0.4, -0.2) is 56.1 Å². The molecule has 1 aromatic carbocycles. The number of halogens is 1. The van der Waals surface area contributed by atoms with Gasteiger partial charge in [-0.05, 0) is 31.5 Å². The second-order valence-corrected chi connectivity index (χ2v) is 9.86. The van der Waals surface area contributed by atoms with Gasteiger partial charge in [-0.15, -0.1) is 0 Å². The van der Waals surface area contributed by atoms with Gasteiger partial charge >= 0.3 is 0 Å². The lowest BCUT2D eigenvalue weighted by Crippen LogP contribution is -2.41. The van der Waals surface area contributed by atoms with Crippen LogP contribution >= 0.6 is 11.6 Å². The highest BCUT2D eigenvalue weighted by atomic mass is 35.5. The molecular formula is C19H23ClN4O2S. The smallest absolute Gasteiger partial charge is 0.226 e. The van der Waals surface area contributed by atoms with Crippen molar-refractivity contribution in [3.8, 4) is 11.3 Å². The van der Waals surface area contributed by atoms with Gasteiger partial charge in [0.25, 0.3) is 0 Å². The van der Waals surface area contributed by atoms with E-state index in [2.05, 4.69) is 5.32 Å². The van der Waals surface area contributed by atoms with E-state index < -0.39 is 9.84 Å². The third kappa shape index (κ3) is 3.95. The standard InChI is InChI=1S/C19H23ClN4O2S/c1-13-2-3-14(12-16(13)20)18-15-4-6-21-7-5-17(15)22-19(23-18)24-8-10-27(25,26)11-9-24/h2-3,12,21H,4-11H2,1H3. The van der Waals surface area contributed by atoms with Crippen LogP contribution in [0, 0.1) is 6.92 Å². The summed E-state index contributed by atoms with van der Waals surface area (Å²) < 4.78 is 23.5. The van der Waals surface area contributed by atoms with E-state index in [4.69, 9.17) is 21.6 Å². The maximum atomic E-state index is 11.8. The van der Waals surface area contributed by atoms with E-state index >= 15 is 0 Å². The molecule has 3 heterocycles. The summed E-state index contributed by atoms with van der Waals surface area (Å²) in [4.78, 5) is 11.7. The Morgan fingerprint density at radius 2 is 1.85 bits per heavy atom. The zero-order chi connectivity index (χ0) is 19.0. The number of benzene rings is 1. The topological polar surface area (TPSA) is 75.2 Å². The Morgan fingerprint density at radius 3 is 2.59 bits per heavy atom. The van der Waals surface area contributed by atoms with Crippen molar-refractivity contribution in [3.63, 3.8) is 0 Å². The fourth-order valence-corrected chi connectivity index (χ4v) is 4.95. The van der Waals surface area contributed by atoms with Gasteiger partial charge in [0.05, 0.1) is 22.9 Å². The number of nitrogens with zero attached hydrogens (tertiary/aromatic N) is 3. The first kappa shape index (κ1) is 18.7. The number of nitrogens with one attached hydrogen (secondary N) is 1.